The summed E-state index contributed by atoms with van der Waals surface area (Å²) in [6.45, 7) is 17.4. The molecule has 2 atom stereocenters. The fourth-order valence-electron chi connectivity index (χ4n) is 5.59. The molecule has 242 valence electrons. The van der Waals surface area contributed by atoms with Crippen molar-refractivity contribution in [2.24, 2.45) is 0 Å². The highest BCUT2D eigenvalue weighted by molar-refractivity contribution is 9.11. The van der Waals surface area contributed by atoms with E-state index in [2.05, 4.69) is 75.5 Å². The Bertz CT molecular complexity index is 1960. The number of hydrogen-bond acceptors (Lipinski definition) is 6. The molecule has 1 aliphatic carbocycles. The van der Waals surface area contributed by atoms with Gasteiger partial charge < -0.3 is 14.1 Å². The molecule has 4 aromatic rings. The molecular weight excluding hydrogens is 742 g/mol. The van der Waals surface area contributed by atoms with Crippen LogP contribution in [0.1, 0.15) is 62.2 Å². The molecule has 4 heterocycles. The van der Waals surface area contributed by atoms with Crippen molar-refractivity contribution in [3.8, 4) is 11.5 Å². The fraction of sp³-hybridized carbons (Fsp3) is 0.484. The Morgan fingerprint density at radius 2 is 1.82 bits per heavy atom. The number of nitrogens with one attached hydrogen (secondary N) is 1. The minimum atomic E-state index is -3.74. The molecule has 1 aromatic carbocycles. The van der Waals surface area contributed by atoms with Gasteiger partial charge in [0.05, 0.1) is 29.4 Å². The summed E-state index contributed by atoms with van der Waals surface area (Å²) in [5.41, 5.74) is 3.08. The zero-order valence-corrected chi connectivity index (χ0v) is 31.7. The predicted octanol–water partition coefficient (Wildman–Crippen LogP) is 7.30. The molecule has 1 saturated carbocycles. The van der Waals surface area contributed by atoms with Crippen LogP contribution in [0.3, 0.4) is 0 Å². The molecular formula is C31H39Br2N5O5SSi. The lowest BCUT2D eigenvalue weighted by atomic mass is 9.99. The van der Waals surface area contributed by atoms with Crippen LogP contribution in [0.4, 0.5) is 0 Å². The van der Waals surface area contributed by atoms with Gasteiger partial charge in [0, 0.05) is 34.2 Å². The Morgan fingerprint density at radius 1 is 1.13 bits per heavy atom. The zero-order valence-electron chi connectivity index (χ0n) is 26.7. The smallest absolute Gasteiger partial charge is 0.305 e. The van der Waals surface area contributed by atoms with E-state index < -0.39 is 18.5 Å². The average Bonchev–Trinajstić information content (AvgIpc) is 3.67. The number of fused-ring (bicyclic) bond motifs is 2. The molecule has 6 rings (SSSR count). The van der Waals surface area contributed by atoms with Crippen LogP contribution >= 0.6 is 31.9 Å². The molecule has 3 aromatic heterocycles. The SMILES string of the molecule is Cc1c(C(=O)N2C[C@@H](O[Si](C)(C)C(C)(C)C)[C@H]2C)c(Br)n2nccc(Oc3ccc4c(c3)c(Br)c(C)n4S(=O)(=O)NC3CC3)c12. The van der Waals surface area contributed by atoms with Crippen LogP contribution in [0, 0.1) is 13.8 Å². The molecule has 2 fully saturated rings. The van der Waals surface area contributed by atoms with Gasteiger partial charge in [-0.25, -0.2) is 8.49 Å². The third kappa shape index (κ3) is 5.58. The fourth-order valence-corrected chi connectivity index (χ4v) is 9.95. The Kier molecular flexibility index (Phi) is 8.13. The molecule has 10 nitrogen and oxygen atoms in total. The van der Waals surface area contributed by atoms with Gasteiger partial charge in [0.2, 0.25) is 0 Å². The van der Waals surface area contributed by atoms with E-state index in [1.807, 2.05) is 24.8 Å². The molecule has 0 unspecified atom stereocenters. The second kappa shape index (κ2) is 11.2. The van der Waals surface area contributed by atoms with Gasteiger partial charge in [-0.1, -0.05) is 20.8 Å². The summed E-state index contributed by atoms with van der Waals surface area (Å²) in [7, 11) is -5.71. The van der Waals surface area contributed by atoms with Crippen LogP contribution in [0.25, 0.3) is 16.4 Å². The minimum Gasteiger partial charge on any atom is -0.455 e. The number of amides is 1. The van der Waals surface area contributed by atoms with Crippen molar-refractivity contribution in [2.45, 2.75) is 90.7 Å². The first kappa shape index (κ1) is 32.7. The number of carbonyl (C=O) groups is 1. The van der Waals surface area contributed by atoms with Crippen LogP contribution in [0.5, 0.6) is 11.5 Å². The van der Waals surface area contributed by atoms with Gasteiger partial charge in [0.25, 0.3) is 5.91 Å². The maximum atomic E-state index is 13.9. The Morgan fingerprint density at radius 3 is 2.44 bits per heavy atom. The van der Waals surface area contributed by atoms with E-state index in [1.54, 1.807) is 35.8 Å². The summed E-state index contributed by atoms with van der Waals surface area (Å²) in [4.78, 5) is 15.8. The Balaban J connectivity index is 1.29. The lowest BCUT2D eigenvalue weighted by Gasteiger charge is -2.51. The number of hydrogen-bond donors (Lipinski definition) is 1. The van der Waals surface area contributed by atoms with Gasteiger partial charge in [-0.3, -0.25) is 4.79 Å². The Hall–Kier alpha value is -2.23. The topological polar surface area (TPSA) is 107 Å². The van der Waals surface area contributed by atoms with Crippen LogP contribution in [-0.2, 0) is 14.6 Å². The van der Waals surface area contributed by atoms with E-state index in [-0.39, 0.29) is 29.1 Å². The molecule has 0 bridgehead atoms. The summed E-state index contributed by atoms with van der Waals surface area (Å²) in [6.07, 6.45) is 3.34. The number of aromatic nitrogens is 3. The van der Waals surface area contributed by atoms with Gasteiger partial charge in [0.1, 0.15) is 15.9 Å². The number of carbonyl (C=O) groups excluding carboxylic acids is 1. The maximum Gasteiger partial charge on any atom is 0.305 e. The number of nitrogens with zero attached hydrogens (tertiary/aromatic N) is 4. The first-order valence-corrected chi connectivity index (χ1v) is 21.0. The van der Waals surface area contributed by atoms with Gasteiger partial charge >= 0.3 is 10.2 Å². The molecule has 1 N–H and O–H groups in total. The highest BCUT2D eigenvalue weighted by Gasteiger charge is 2.47. The summed E-state index contributed by atoms with van der Waals surface area (Å²) in [5, 5.41) is 5.31. The van der Waals surface area contributed by atoms with Gasteiger partial charge in [0.15, 0.2) is 14.1 Å². The van der Waals surface area contributed by atoms with E-state index in [1.165, 1.54) is 3.97 Å². The van der Waals surface area contributed by atoms with Crippen LogP contribution in [-0.4, -0.2) is 65.9 Å². The zero-order chi connectivity index (χ0) is 32.8. The summed E-state index contributed by atoms with van der Waals surface area (Å²) >= 11 is 7.25. The van der Waals surface area contributed by atoms with Crippen molar-refractivity contribution in [1.82, 2.24) is 23.2 Å². The number of rotatable bonds is 8. The number of likely N-dealkylation sites (tertiary alicyclic amines) is 1. The molecule has 0 spiro atoms. The van der Waals surface area contributed by atoms with Crippen LogP contribution in [0.15, 0.2) is 39.5 Å². The monoisotopic (exact) mass is 779 g/mol. The molecule has 0 radical (unpaired) electrons. The van der Waals surface area contributed by atoms with Gasteiger partial charge in [-0.2, -0.15) is 18.2 Å². The minimum absolute atomic E-state index is 0.00921. The molecule has 45 heavy (non-hydrogen) atoms. The highest BCUT2D eigenvalue weighted by atomic mass is 79.9. The summed E-state index contributed by atoms with van der Waals surface area (Å²) in [5.74, 6) is 0.960. The molecule has 1 amide bonds. The van der Waals surface area contributed by atoms with E-state index in [9.17, 15) is 13.2 Å². The van der Waals surface area contributed by atoms with E-state index in [0.717, 1.165) is 18.4 Å². The average molecular weight is 782 g/mol. The normalized spacial score (nSPS) is 19.4. The maximum absolute atomic E-state index is 13.9. The van der Waals surface area contributed by atoms with Crippen molar-refractivity contribution < 1.29 is 22.4 Å². The summed E-state index contributed by atoms with van der Waals surface area (Å²) < 4.78 is 46.3. The largest absolute Gasteiger partial charge is 0.455 e. The van der Waals surface area contributed by atoms with Gasteiger partial charge in [-0.15, -0.1) is 0 Å². The van der Waals surface area contributed by atoms with Crippen molar-refractivity contribution in [3.05, 3.63) is 56.4 Å². The van der Waals surface area contributed by atoms with Crippen molar-refractivity contribution in [3.63, 3.8) is 0 Å². The van der Waals surface area contributed by atoms with E-state index >= 15 is 0 Å². The lowest BCUT2D eigenvalue weighted by Crippen LogP contribution is -2.64. The Labute approximate surface area is 282 Å². The third-order valence-corrected chi connectivity index (χ3v) is 17.3. The first-order chi connectivity index (χ1) is 20.9. The molecule has 14 heteroatoms. The van der Waals surface area contributed by atoms with Gasteiger partial charge in [-0.05, 0) is 107 Å². The molecule has 2 aliphatic rings. The van der Waals surface area contributed by atoms with Crippen LogP contribution < -0.4 is 9.46 Å². The molecule has 1 aliphatic heterocycles. The predicted molar refractivity (Wildman–Crippen MR) is 185 cm³/mol. The van der Waals surface area contributed by atoms with Crippen molar-refractivity contribution in [2.75, 3.05) is 6.54 Å². The second-order valence-corrected chi connectivity index (χ2v) is 21.6. The number of halogens is 2. The number of benzene rings is 1. The number of aryl methyl sites for hydroxylation is 1. The lowest BCUT2D eigenvalue weighted by molar-refractivity contribution is -0.0285. The standard InChI is InChI=1S/C31H39Br2N5O5SSi/c1-17-26(30(39)36-16-25(18(36)2)43-45(7,8)31(4,5)6)29(33)37-28(17)24(13-14-34-37)42-21-11-12-23-22(15-21)27(32)19(3)38(23)44(40,41)35-20-9-10-20/h11-15,18,20,25,35H,9-10,16H2,1-8H3/t18-,25-/m1/s1. The van der Waals surface area contributed by atoms with Crippen molar-refractivity contribution in [1.29, 1.82) is 0 Å². The van der Waals surface area contributed by atoms with E-state index in [0.29, 0.717) is 54.8 Å². The van der Waals surface area contributed by atoms with Crippen LogP contribution in [0.2, 0.25) is 18.1 Å². The highest BCUT2D eigenvalue weighted by Crippen LogP contribution is 2.42. The third-order valence-electron chi connectivity index (χ3n) is 9.52. The first-order valence-electron chi connectivity index (χ1n) is 15.1. The number of ether oxygens (including phenoxy) is 1. The quantitative estimate of drug-likeness (QED) is 0.188. The van der Waals surface area contributed by atoms with E-state index in [4.69, 9.17) is 9.16 Å². The summed E-state index contributed by atoms with van der Waals surface area (Å²) in [6, 6.07) is 7.02. The van der Waals surface area contributed by atoms with Crippen molar-refractivity contribution >= 4 is 72.7 Å². The molecule has 1 saturated heterocycles. The second-order valence-electron chi connectivity index (χ2n) is 13.7.